The fourth-order valence-corrected chi connectivity index (χ4v) is 10.1. The number of hydrogen-bond donors (Lipinski definition) is 0. The molecule has 0 saturated heterocycles. The first-order chi connectivity index (χ1) is 39.0. The third-order valence-corrected chi connectivity index (χ3v) is 15.2. The van der Waals surface area contributed by atoms with Crippen molar-refractivity contribution in [2.75, 3.05) is 13.2 Å². The maximum atomic E-state index is 12.9. The van der Waals surface area contributed by atoms with E-state index in [-0.39, 0.29) is 31.1 Å². The van der Waals surface area contributed by atoms with Crippen LogP contribution in [0.1, 0.15) is 355 Å². The molecule has 0 saturated carbocycles. The number of carbonyl (C=O) groups excluding carboxylic acids is 3. The summed E-state index contributed by atoms with van der Waals surface area (Å²) in [6, 6.07) is 0. The van der Waals surface area contributed by atoms with Crippen molar-refractivity contribution in [3.05, 3.63) is 72.9 Å². The van der Waals surface area contributed by atoms with Crippen LogP contribution in [-0.2, 0) is 28.6 Å². The second kappa shape index (κ2) is 67.4. The maximum absolute atomic E-state index is 12.9. The molecule has 0 N–H and O–H groups in total. The van der Waals surface area contributed by atoms with Gasteiger partial charge in [-0.3, -0.25) is 14.4 Å². The molecule has 0 aliphatic heterocycles. The van der Waals surface area contributed by atoms with Gasteiger partial charge in [-0.05, 0) is 89.9 Å². The lowest BCUT2D eigenvalue weighted by atomic mass is 10.0. The number of carbonyl (C=O) groups is 3. The zero-order valence-electron chi connectivity index (χ0n) is 52.6. The largest absolute Gasteiger partial charge is 0.462 e. The van der Waals surface area contributed by atoms with Gasteiger partial charge in [-0.25, -0.2) is 0 Å². The number of unbranched alkanes of at least 4 members (excludes halogenated alkanes) is 40. The zero-order valence-corrected chi connectivity index (χ0v) is 52.6. The van der Waals surface area contributed by atoms with Gasteiger partial charge in [0.05, 0.1) is 0 Å². The minimum absolute atomic E-state index is 0.0721. The second-order valence-corrected chi connectivity index (χ2v) is 23.1. The Morgan fingerprint density at radius 2 is 0.494 bits per heavy atom. The van der Waals surface area contributed by atoms with E-state index >= 15 is 0 Å². The topological polar surface area (TPSA) is 78.9 Å². The predicted molar refractivity (Wildman–Crippen MR) is 344 cm³/mol. The highest BCUT2D eigenvalue weighted by Gasteiger charge is 2.19. The fraction of sp³-hybridized carbons (Fsp3) is 0.795. The number of rotatable bonds is 63. The summed E-state index contributed by atoms with van der Waals surface area (Å²) in [5, 5.41) is 0. The first kappa shape index (κ1) is 75.8. The van der Waals surface area contributed by atoms with Crippen molar-refractivity contribution < 1.29 is 28.6 Å². The molecule has 0 aliphatic carbocycles. The summed E-state index contributed by atoms with van der Waals surface area (Å²) >= 11 is 0. The molecule has 0 radical (unpaired) electrons. The first-order valence-electron chi connectivity index (χ1n) is 34.4. The summed E-state index contributed by atoms with van der Waals surface area (Å²) in [5.74, 6) is -0.861. The molecular weight excluding hydrogens is 973 g/mol. The van der Waals surface area contributed by atoms with E-state index in [0.717, 1.165) is 96.3 Å². The standard InChI is InChI=1S/C73H130O6/c1-4-7-10-13-16-19-22-25-27-28-29-30-31-32-33-34-35-36-37-38-39-40-41-42-43-44-45-46-47-49-51-54-57-60-63-66-72(75)78-69-70(68-77-71(74)65-62-59-56-53-50-24-21-18-15-12-9-6-3)79-73(76)67-64-61-58-55-52-48-26-23-20-17-14-11-8-5-2/h7,10,16,19,23,25-27,29-30,32-33,70H,4-6,8-9,11-15,17-18,20-22,24,28,31,34-69H2,1-3H3/b10-7-,19-16-,26-23-,27-25-,30-29-,33-32-. The van der Waals surface area contributed by atoms with Crippen LogP contribution in [0.15, 0.2) is 72.9 Å². The van der Waals surface area contributed by atoms with Gasteiger partial charge in [0.2, 0.25) is 0 Å². The molecule has 0 heterocycles. The Morgan fingerprint density at radius 1 is 0.266 bits per heavy atom. The van der Waals surface area contributed by atoms with E-state index in [1.165, 1.54) is 218 Å². The number of ether oxygens (including phenoxy) is 3. The Bertz CT molecular complexity index is 1450. The minimum Gasteiger partial charge on any atom is -0.462 e. The number of hydrogen-bond acceptors (Lipinski definition) is 6. The summed E-state index contributed by atoms with van der Waals surface area (Å²) in [7, 11) is 0. The minimum atomic E-state index is -0.775. The van der Waals surface area contributed by atoms with Crippen LogP contribution < -0.4 is 0 Å². The molecule has 0 aromatic rings. The van der Waals surface area contributed by atoms with Gasteiger partial charge in [0, 0.05) is 19.3 Å². The molecule has 6 nitrogen and oxygen atoms in total. The van der Waals surface area contributed by atoms with Crippen molar-refractivity contribution in [1.29, 1.82) is 0 Å². The molecule has 0 aromatic carbocycles. The Morgan fingerprint density at radius 3 is 0.785 bits per heavy atom. The highest BCUT2D eigenvalue weighted by atomic mass is 16.6. The molecule has 0 aliphatic rings. The van der Waals surface area contributed by atoms with Crippen LogP contribution in [-0.4, -0.2) is 37.2 Å². The second-order valence-electron chi connectivity index (χ2n) is 23.1. The molecule has 1 unspecified atom stereocenters. The fourth-order valence-electron chi connectivity index (χ4n) is 10.1. The molecule has 1 atom stereocenters. The normalized spacial score (nSPS) is 12.5. The lowest BCUT2D eigenvalue weighted by Gasteiger charge is -2.18. The Balaban J connectivity index is 4.06. The first-order valence-corrected chi connectivity index (χ1v) is 34.4. The van der Waals surface area contributed by atoms with Crippen LogP contribution in [0, 0.1) is 0 Å². The summed E-state index contributed by atoms with van der Waals surface area (Å²) in [6.45, 7) is 6.55. The van der Waals surface area contributed by atoms with E-state index in [0.29, 0.717) is 19.3 Å². The summed E-state index contributed by atoms with van der Waals surface area (Å²) in [5.41, 5.74) is 0. The molecular formula is C73H130O6. The highest BCUT2D eigenvalue weighted by molar-refractivity contribution is 5.71. The van der Waals surface area contributed by atoms with Crippen LogP contribution in [0.3, 0.4) is 0 Å². The molecule has 0 amide bonds. The monoisotopic (exact) mass is 1100 g/mol. The van der Waals surface area contributed by atoms with E-state index in [2.05, 4.69) is 93.7 Å². The molecule has 0 spiro atoms. The molecule has 0 rings (SSSR count). The molecule has 0 bridgehead atoms. The van der Waals surface area contributed by atoms with E-state index < -0.39 is 6.10 Å². The van der Waals surface area contributed by atoms with Crippen LogP contribution in [0.5, 0.6) is 0 Å². The van der Waals surface area contributed by atoms with E-state index in [9.17, 15) is 14.4 Å². The van der Waals surface area contributed by atoms with Gasteiger partial charge in [-0.15, -0.1) is 0 Å². The van der Waals surface area contributed by atoms with Crippen LogP contribution >= 0.6 is 0 Å². The van der Waals surface area contributed by atoms with Crippen molar-refractivity contribution >= 4 is 17.9 Å². The number of esters is 3. The Hall–Kier alpha value is -3.15. The van der Waals surface area contributed by atoms with E-state index in [4.69, 9.17) is 14.2 Å². The lowest BCUT2D eigenvalue weighted by Crippen LogP contribution is -2.30. The van der Waals surface area contributed by atoms with Crippen molar-refractivity contribution in [1.82, 2.24) is 0 Å². The lowest BCUT2D eigenvalue weighted by molar-refractivity contribution is -0.167. The third kappa shape index (κ3) is 65.5. The predicted octanol–water partition coefficient (Wildman–Crippen LogP) is 23.7. The van der Waals surface area contributed by atoms with Gasteiger partial charge in [0.25, 0.3) is 0 Å². The molecule has 458 valence electrons. The van der Waals surface area contributed by atoms with Crippen molar-refractivity contribution in [3.8, 4) is 0 Å². The number of allylic oxidation sites excluding steroid dienone is 12. The van der Waals surface area contributed by atoms with Gasteiger partial charge in [0.1, 0.15) is 13.2 Å². The summed E-state index contributed by atoms with van der Waals surface area (Å²) < 4.78 is 16.9. The highest BCUT2D eigenvalue weighted by Crippen LogP contribution is 2.18. The Labute approximate surface area is 491 Å². The molecule has 0 fully saturated rings. The van der Waals surface area contributed by atoms with Gasteiger partial charge in [-0.2, -0.15) is 0 Å². The average molecular weight is 1100 g/mol. The SMILES string of the molecule is CC/C=C\C/C=C\C/C=C\C/C=C\C/C=C\CCCCCCCCCCCCCCCCCCCCCC(=O)OCC(COC(=O)CCCCCCCCCCCCCC)OC(=O)CCCCCCC/C=C\CCCCCCC. The van der Waals surface area contributed by atoms with E-state index in [1.807, 2.05) is 0 Å². The summed E-state index contributed by atoms with van der Waals surface area (Å²) in [6.07, 6.45) is 88.0. The zero-order chi connectivity index (χ0) is 57.1. The smallest absolute Gasteiger partial charge is 0.306 e. The molecule has 6 heteroatoms. The quantitative estimate of drug-likeness (QED) is 0.0261. The summed E-state index contributed by atoms with van der Waals surface area (Å²) in [4.78, 5) is 38.3. The third-order valence-electron chi connectivity index (χ3n) is 15.2. The van der Waals surface area contributed by atoms with Gasteiger partial charge < -0.3 is 14.2 Å². The van der Waals surface area contributed by atoms with Crippen molar-refractivity contribution in [2.24, 2.45) is 0 Å². The maximum Gasteiger partial charge on any atom is 0.306 e. The molecule has 0 aromatic heterocycles. The van der Waals surface area contributed by atoms with Gasteiger partial charge in [0.15, 0.2) is 6.10 Å². The molecule has 79 heavy (non-hydrogen) atoms. The van der Waals surface area contributed by atoms with Crippen LogP contribution in [0.25, 0.3) is 0 Å². The van der Waals surface area contributed by atoms with Crippen LogP contribution in [0.4, 0.5) is 0 Å². The van der Waals surface area contributed by atoms with Crippen LogP contribution in [0.2, 0.25) is 0 Å². The van der Waals surface area contributed by atoms with Gasteiger partial charge in [-0.1, -0.05) is 318 Å². The Kier molecular flexibility index (Phi) is 64.7. The van der Waals surface area contributed by atoms with Crippen molar-refractivity contribution in [2.45, 2.75) is 361 Å². The van der Waals surface area contributed by atoms with Gasteiger partial charge >= 0.3 is 17.9 Å². The van der Waals surface area contributed by atoms with Crippen molar-refractivity contribution in [3.63, 3.8) is 0 Å². The average Bonchev–Trinajstić information content (AvgIpc) is 3.45. The van der Waals surface area contributed by atoms with E-state index in [1.54, 1.807) is 0 Å².